The molecule has 1 atom stereocenters. The van der Waals surface area contributed by atoms with Crippen molar-refractivity contribution in [1.82, 2.24) is 14.4 Å². The molecule has 1 aromatic heterocycles. The lowest BCUT2D eigenvalue weighted by Crippen LogP contribution is -2.42. The van der Waals surface area contributed by atoms with Crippen LogP contribution >= 0.6 is 0 Å². The molecule has 146 valence electrons. The highest BCUT2D eigenvalue weighted by Crippen LogP contribution is 2.22. The van der Waals surface area contributed by atoms with Crippen LogP contribution < -0.4 is 11.1 Å². The number of rotatable bonds is 5. The lowest BCUT2D eigenvalue weighted by Gasteiger charge is -2.31. The van der Waals surface area contributed by atoms with Crippen LogP contribution in [0.3, 0.4) is 0 Å². The zero-order valence-electron chi connectivity index (χ0n) is 16.0. The van der Waals surface area contributed by atoms with Crippen LogP contribution in [-0.2, 0) is 16.1 Å². The third-order valence-electron chi connectivity index (χ3n) is 4.94. The molecule has 2 amide bonds. The fourth-order valence-electron chi connectivity index (χ4n) is 3.37. The molecule has 0 saturated carbocycles. The average Bonchev–Trinajstić information content (AvgIpc) is 2.94. The van der Waals surface area contributed by atoms with E-state index in [4.69, 9.17) is 4.42 Å². The number of likely N-dealkylation sites (tertiary alicyclic amines) is 1. The van der Waals surface area contributed by atoms with Gasteiger partial charge in [0.05, 0.1) is 11.4 Å². The average molecular weight is 374 g/mol. The number of nitrogens with one attached hydrogen (secondary N) is 1. The van der Waals surface area contributed by atoms with Crippen LogP contribution in [0.5, 0.6) is 0 Å². The van der Waals surface area contributed by atoms with E-state index >= 15 is 0 Å². The van der Waals surface area contributed by atoms with Gasteiger partial charge in [-0.3, -0.25) is 14.2 Å². The van der Waals surface area contributed by atoms with Gasteiger partial charge in [0.1, 0.15) is 0 Å². The van der Waals surface area contributed by atoms with E-state index in [-0.39, 0.29) is 17.7 Å². The molecule has 2 heterocycles. The van der Waals surface area contributed by atoms with Gasteiger partial charge in [0.15, 0.2) is 5.58 Å². The first-order valence-electron chi connectivity index (χ1n) is 9.19. The van der Waals surface area contributed by atoms with Crippen molar-refractivity contribution in [2.75, 3.05) is 39.0 Å². The molecular formula is C19H26N4O4. The molecule has 0 bridgehead atoms. The fraction of sp³-hybridized carbons (Fsp3) is 0.526. The number of carbonyl (C=O) groups excluding carboxylic acids is 2. The van der Waals surface area contributed by atoms with E-state index in [0.717, 1.165) is 12.8 Å². The van der Waals surface area contributed by atoms with Crippen LogP contribution in [0, 0.1) is 5.92 Å². The SMILES string of the molecule is CC(=O)N1CCC[C@H](C(=O)Nc2ccc3oc(=O)n(CCN(C)C)c3c2)C1. The van der Waals surface area contributed by atoms with Crippen molar-refractivity contribution in [2.24, 2.45) is 5.92 Å². The monoisotopic (exact) mass is 374 g/mol. The summed E-state index contributed by atoms with van der Waals surface area (Å²) in [5.74, 6) is -0.735. The van der Waals surface area contributed by atoms with Crippen LogP contribution in [0.1, 0.15) is 19.8 Å². The second-order valence-electron chi connectivity index (χ2n) is 7.30. The van der Waals surface area contributed by atoms with Gasteiger partial charge in [-0.2, -0.15) is 0 Å². The minimum Gasteiger partial charge on any atom is -0.408 e. The van der Waals surface area contributed by atoms with Gasteiger partial charge in [-0.1, -0.05) is 0 Å². The van der Waals surface area contributed by atoms with E-state index < -0.39 is 5.76 Å². The van der Waals surface area contributed by atoms with Crippen molar-refractivity contribution in [1.29, 1.82) is 0 Å². The summed E-state index contributed by atoms with van der Waals surface area (Å²) < 4.78 is 6.85. The molecule has 0 unspecified atom stereocenters. The number of piperidine rings is 1. The Balaban J connectivity index is 1.76. The molecule has 27 heavy (non-hydrogen) atoms. The van der Waals surface area contributed by atoms with Crippen molar-refractivity contribution >= 4 is 28.6 Å². The molecule has 0 aliphatic carbocycles. The second kappa shape index (κ2) is 7.96. The Morgan fingerprint density at radius 3 is 2.81 bits per heavy atom. The number of fused-ring (bicyclic) bond motifs is 1. The zero-order valence-corrected chi connectivity index (χ0v) is 16.0. The zero-order chi connectivity index (χ0) is 19.6. The number of benzene rings is 1. The molecule has 1 fully saturated rings. The number of hydrogen-bond acceptors (Lipinski definition) is 5. The van der Waals surface area contributed by atoms with E-state index in [0.29, 0.717) is 43.0 Å². The number of nitrogens with zero attached hydrogens (tertiary/aromatic N) is 3. The van der Waals surface area contributed by atoms with Crippen LogP contribution in [-0.4, -0.2) is 59.9 Å². The first-order chi connectivity index (χ1) is 12.8. The number of oxazole rings is 1. The quantitative estimate of drug-likeness (QED) is 0.854. The summed E-state index contributed by atoms with van der Waals surface area (Å²) in [4.78, 5) is 40.0. The Bertz CT molecular complexity index is 899. The van der Waals surface area contributed by atoms with E-state index in [2.05, 4.69) is 5.32 Å². The minimum atomic E-state index is -0.403. The smallest absolute Gasteiger partial charge is 0.408 e. The summed E-state index contributed by atoms with van der Waals surface area (Å²) in [5, 5.41) is 2.92. The largest absolute Gasteiger partial charge is 0.419 e. The molecule has 1 aliphatic heterocycles. The standard InChI is InChI=1S/C19H26N4O4/c1-13(24)22-8-4-5-14(12-22)18(25)20-15-6-7-17-16(11-15)23(19(26)27-17)10-9-21(2)3/h6-7,11,14H,4-5,8-10,12H2,1-3H3,(H,20,25)/t14-/m0/s1. The van der Waals surface area contributed by atoms with E-state index in [9.17, 15) is 14.4 Å². The van der Waals surface area contributed by atoms with Gasteiger partial charge in [-0.25, -0.2) is 4.79 Å². The maximum absolute atomic E-state index is 12.6. The van der Waals surface area contributed by atoms with Crippen molar-refractivity contribution in [3.8, 4) is 0 Å². The Morgan fingerprint density at radius 2 is 2.11 bits per heavy atom. The maximum atomic E-state index is 12.6. The molecule has 1 aromatic carbocycles. The second-order valence-corrected chi connectivity index (χ2v) is 7.30. The number of likely N-dealkylation sites (N-methyl/N-ethyl adjacent to an activating group) is 1. The summed E-state index contributed by atoms with van der Waals surface area (Å²) in [5.41, 5.74) is 1.78. The number of hydrogen-bond donors (Lipinski definition) is 1. The number of aromatic nitrogens is 1. The van der Waals surface area contributed by atoms with Gasteiger partial charge in [-0.05, 0) is 45.1 Å². The first-order valence-corrected chi connectivity index (χ1v) is 9.19. The first kappa shape index (κ1) is 19.2. The van der Waals surface area contributed by atoms with Gasteiger partial charge in [-0.15, -0.1) is 0 Å². The Labute approximate surface area is 157 Å². The molecule has 8 heteroatoms. The van der Waals surface area contributed by atoms with Crippen molar-refractivity contribution < 1.29 is 14.0 Å². The van der Waals surface area contributed by atoms with Crippen LogP contribution in [0.4, 0.5) is 5.69 Å². The number of amides is 2. The molecular weight excluding hydrogens is 348 g/mol. The Kier molecular flexibility index (Phi) is 5.65. The van der Waals surface area contributed by atoms with Crippen molar-refractivity contribution in [3.05, 3.63) is 28.7 Å². The minimum absolute atomic E-state index is 0.00257. The van der Waals surface area contributed by atoms with Crippen LogP contribution in [0.2, 0.25) is 0 Å². The number of carbonyl (C=O) groups is 2. The number of anilines is 1. The highest BCUT2D eigenvalue weighted by atomic mass is 16.4. The van der Waals surface area contributed by atoms with Gasteiger partial charge in [0.2, 0.25) is 11.8 Å². The normalized spacial score (nSPS) is 17.5. The van der Waals surface area contributed by atoms with Gasteiger partial charge in [0.25, 0.3) is 0 Å². The topological polar surface area (TPSA) is 87.8 Å². The molecule has 8 nitrogen and oxygen atoms in total. The summed E-state index contributed by atoms with van der Waals surface area (Å²) in [6.45, 7) is 3.89. The Hall–Kier alpha value is -2.61. The molecule has 3 rings (SSSR count). The van der Waals surface area contributed by atoms with E-state index in [1.54, 1.807) is 27.7 Å². The highest BCUT2D eigenvalue weighted by Gasteiger charge is 2.27. The third-order valence-corrected chi connectivity index (χ3v) is 4.94. The molecule has 1 saturated heterocycles. The summed E-state index contributed by atoms with van der Waals surface area (Å²) >= 11 is 0. The molecule has 1 aliphatic rings. The van der Waals surface area contributed by atoms with Gasteiger partial charge in [0, 0.05) is 38.8 Å². The maximum Gasteiger partial charge on any atom is 0.419 e. The third kappa shape index (κ3) is 4.39. The van der Waals surface area contributed by atoms with E-state index in [1.807, 2.05) is 19.0 Å². The van der Waals surface area contributed by atoms with Crippen molar-refractivity contribution in [3.63, 3.8) is 0 Å². The summed E-state index contributed by atoms with van der Waals surface area (Å²) in [6, 6.07) is 5.19. The molecule has 0 radical (unpaired) electrons. The predicted octanol–water partition coefficient (Wildman–Crippen LogP) is 1.35. The molecule has 2 aromatic rings. The predicted molar refractivity (Wildman–Crippen MR) is 103 cm³/mol. The summed E-state index contributed by atoms with van der Waals surface area (Å²) in [6.07, 6.45) is 1.58. The highest BCUT2D eigenvalue weighted by molar-refractivity contribution is 5.94. The molecule has 1 N–H and O–H groups in total. The van der Waals surface area contributed by atoms with Gasteiger partial charge >= 0.3 is 5.76 Å². The van der Waals surface area contributed by atoms with Crippen LogP contribution in [0.25, 0.3) is 11.1 Å². The van der Waals surface area contributed by atoms with Crippen LogP contribution in [0.15, 0.2) is 27.4 Å². The summed E-state index contributed by atoms with van der Waals surface area (Å²) in [7, 11) is 3.88. The van der Waals surface area contributed by atoms with Gasteiger partial charge < -0.3 is 19.5 Å². The Morgan fingerprint density at radius 1 is 1.33 bits per heavy atom. The molecule has 0 spiro atoms. The van der Waals surface area contributed by atoms with E-state index in [1.165, 1.54) is 6.92 Å². The lowest BCUT2D eigenvalue weighted by molar-refractivity contribution is -0.132. The van der Waals surface area contributed by atoms with Crippen molar-refractivity contribution in [2.45, 2.75) is 26.3 Å². The lowest BCUT2D eigenvalue weighted by atomic mass is 9.97. The fourth-order valence-corrected chi connectivity index (χ4v) is 3.37.